The molecule has 0 spiro atoms. The third-order valence-electron chi connectivity index (χ3n) is 5.34. The lowest BCUT2D eigenvalue weighted by Gasteiger charge is -2.39. The Morgan fingerprint density at radius 3 is 2.40 bits per heavy atom. The molecule has 3 aliphatic rings. The van der Waals surface area contributed by atoms with E-state index < -0.39 is 0 Å². The average Bonchev–Trinajstić information content (AvgIpc) is 2.95. The molecule has 3 aliphatic heterocycles. The number of carbonyl (C=O) groups is 2. The highest BCUT2D eigenvalue weighted by Gasteiger charge is 2.28. The topological polar surface area (TPSA) is 56.3 Å². The fourth-order valence-corrected chi connectivity index (χ4v) is 3.76. The SMILES string of the molecule is CN1C(=O)Cc2cc(N3CCN(C(=O)N4CCOCC4)CC3)ccc21. The minimum Gasteiger partial charge on any atom is -0.378 e. The second-order valence-electron chi connectivity index (χ2n) is 6.80. The lowest BCUT2D eigenvalue weighted by atomic mass is 10.1. The molecular formula is C18H24N4O3. The van der Waals surface area contributed by atoms with Gasteiger partial charge in [0.25, 0.3) is 0 Å². The second-order valence-corrected chi connectivity index (χ2v) is 6.80. The van der Waals surface area contributed by atoms with Gasteiger partial charge in [0, 0.05) is 57.7 Å². The van der Waals surface area contributed by atoms with Gasteiger partial charge in [-0.15, -0.1) is 0 Å². The maximum atomic E-state index is 12.6. The summed E-state index contributed by atoms with van der Waals surface area (Å²) in [5.41, 5.74) is 3.24. The summed E-state index contributed by atoms with van der Waals surface area (Å²) in [7, 11) is 1.82. The van der Waals surface area contributed by atoms with Gasteiger partial charge in [-0.25, -0.2) is 4.79 Å². The molecule has 1 aromatic rings. The van der Waals surface area contributed by atoms with Gasteiger partial charge in [0.05, 0.1) is 19.6 Å². The molecule has 0 radical (unpaired) electrons. The zero-order chi connectivity index (χ0) is 17.4. The van der Waals surface area contributed by atoms with E-state index in [1.54, 1.807) is 4.90 Å². The summed E-state index contributed by atoms with van der Waals surface area (Å²) in [6, 6.07) is 6.36. The van der Waals surface area contributed by atoms with Crippen LogP contribution in [0.3, 0.4) is 0 Å². The minimum absolute atomic E-state index is 0.129. The van der Waals surface area contributed by atoms with E-state index in [0.29, 0.717) is 32.7 Å². The van der Waals surface area contributed by atoms with E-state index in [9.17, 15) is 9.59 Å². The molecule has 25 heavy (non-hydrogen) atoms. The highest BCUT2D eigenvalue weighted by Crippen LogP contribution is 2.31. The molecule has 1 aromatic carbocycles. The van der Waals surface area contributed by atoms with Crippen molar-refractivity contribution in [3.05, 3.63) is 23.8 Å². The molecule has 0 aromatic heterocycles. The number of hydrogen-bond acceptors (Lipinski definition) is 4. The first-order valence-corrected chi connectivity index (χ1v) is 8.89. The normalized spacial score (nSPS) is 20.9. The number of hydrogen-bond donors (Lipinski definition) is 0. The number of amides is 3. The third kappa shape index (κ3) is 3.04. The van der Waals surface area contributed by atoms with E-state index in [0.717, 1.165) is 43.1 Å². The van der Waals surface area contributed by atoms with E-state index in [1.165, 1.54) is 0 Å². The van der Waals surface area contributed by atoms with Crippen molar-refractivity contribution in [2.45, 2.75) is 6.42 Å². The Kier molecular flexibility index (Phi) is 4.25. The van der Waals surface area contributed by atoms with Crippen LogP contribution in [0.15, 0.2) is 18.2 Å². The maximum Gasteiger partial charge on any atom is 0.320 e. The van der Waals surface area contributed by atoms with Crippen LogP contribution in [0.25, 0.3) is 0 Å². The standard InChI is InChI=1S/C18H24N4O3/c1-19-16-3-2-15(12-14(16)13-17(19)23)20-4-6-21(7-5-20)18(24)22-8-10-25-11-9-22/h2-3,12H,4-11,13H2,1H3. The van der Waals surface area contributed by atoms with Crippen molar-refractivity contribution < 1.29 is 14.3 Å². The van der Waals surface area contributed by atoms with Gasteiger partial charge in [0.2, 0.25) is 5.91 Å². The van der Waals surface area contributed by atoms with Gasteiger partial charge in [-0.1, -0.05) is 0 Å². The summed E-state index contributed by atoms with van der Waals surface area (Å²) in [5, 5.41) is 0. The zero-order valence-corrected chi connectivity index (χ0v) is 14.6. The van der Waals surface area contributed by atoms with Gasteiger partial charge in [0.1, 0.15) is 0 Å². The third-order valence-corrected chi connectivity index (χ3v) is 5.34. The van der Waals surface area contributed by atoms with Gasteiger partial charge in [-0.05, 0) is 23.8 Å². The Labute approximate surface area is 147 Å². The number of morpholine rings is 1. The minimum atomic E-state index is 0.129. The van der Waals surface area contributed by atoms with Crippen molar-refractivity contribution in [3.63, 3.8) is 0 Å². The number of piperazine rings is 1. The van der Waals surface area contributed by atoms with Crippen molar-refractivity contribution in [2.24, 2.45) is 0 Å². The van der Waals surface area contributed by atoms with E-state index in [2.05, 4.69) is 17.0 Å². The fourth-order valence-electron chi connectivity index (χ4n) is 3.76. The monoisotopic (exact) mass is 344 g/mol. The fraction of sp³-hybridized carbons (Fsp3) is 0.556. The molecule has 0 N–H and O–H groups in total. The lowest BCUT2D eigenvalue weighted by molar-refractivity contribution is -0.117. The van der Waals surface area contributed by atoms with Crippen LogP contribution < -0.4 is 9.80 Å². The number of urea groups is 1. The van der Waals surface area contributed by atoms with Crippen molar-refractivity contribution in [1.82, 2.24) is 9.80 Å². The summed E-state index contributed by atoms with van der Waals surface area (Å²) in [4.78, 5) is 32.2. The molecule has 2 saturated heterocycles. The van der Waals surface area contributed by atoms with Crippen LogP contribution in [-0.2, 0) is 16.0 Å². The first-order chi connectivity index (χ1) is 12.1. The van der Waals surface area contributed by atoms with Crippen LogP contribution in [0.2, 0.25) is 0 Å². The molecule has 3 amide bonds. The predicted molar refractivity (Wildman–Crippen MR) is 95.1 cm³/mol. The summed E-state index contributed by atoms with van der Waals surface area (Å²) in [5.74, 6) is 0.146. The van der Waals surface area contributed by atoms with E-state index in [4.69, 9.17) is 4.74 Å². The van der Waals surface area contributed by atoms with Crippen molar-refractivity contribution in [1.29, 1.82) is 0 Å². The number of carbonyl (C=O) groups excluding carboxylic acids is 2. The number of benzene rings is 1. The Balaban J connectivity index is 1.38. The highest BCUT2D eigenvalue weighted by atomic mass is 16.5. The van der Waals surface area contributed by atoms with Crippen molar-refractivity contribution in [3.8, 4) is 0 Å². The molecule has 2 fully saturated rings. The lowest BCUT2D eigenvalue weighted by Crippen LogP contribution is -2.54. The van der Waals surface area contributed by atoms with Crippen LogP contribution in [0.5, 0.6) is 0 Å². The van der Waals surface area contributed by atoms with Gasteiger partial charge in [-0.2, -0.15) is 0 Å². The first kappa shape index (κ1) is 16.2. The number of likely N-dealkylation sites (N-methyl/N-ethyl adjacent to an activating group) is 1. The summed E-state index contributed by atoms with van der Waals surface area (Å²) < 4.78 is 5.32. The molecule has 4 rings (SSSR count). The Morgan fingerprint density at radius 1 is 1.00 bits per heavy atom. The number of nitrogens with zero attached hydrogens (tertiary/aromatic N) is 4. The molecule has 7 heteroatoms. The van der Waals surface area contributed by atoms with Crippen LogP contribution in [0, 0.1) is 0 Å². The molecule has 134 valence electrons. The maximum absolute atomic E-state index is 12.6. The summed E-state index contributed by atoms with van der Waals surface area (Å²) in [6.07, 6.45) is 0.481. The van der Waals surface area contributed by atoms with Gasteiger partial charge >= 0.3 is 6.03 Å². The molecular weight excluding hydrogens is 320 g/mol. The quantitative estimate of drug-likeness (QED) is 0.756. The van der Waals surface area contributed by atoms with Crippen molar-refractivity contribution in [2.75, 3.05) is 69.3 Å². The second kappa shape index (κ2) is 6.55. The van der Waals surface area contributed by atoms with E-state index in [1.807, 2.05) is 22.9 Å². The molecule has 7 nitrogen and oxygen atoms in total. The van der Waals surface area contributed by atoms with Crippen LogP contribution >= 0.6 is 0 Å². The van der Waals surface area contributed by atoms with Crippen molar-refractivity contribution >= 4 is 23.3 Å². The van der Waals surface area contributed by atoms with E-state index in [-0.39, 0.29) is 11.9 Å². The average molecular weight is 344 g/mol. The Bertz CT molecular complexity index is 679. The largest absolute Gasteiger partial charge is 0.378 e. The molecule has 3 heterocycles. The Morgan fingerprint density at radius 2 is 1.68 bits per heavy atom. The molecule has 0 bridgehead atoms. The Hall–Kier alpha value is -2.28. The number of fused-ring (bicyclic) bond motifs is 1. The van der Waals surface area contributed by atoms with Gasteiger partial charge in [-0.3, -0.25) is 4.79 Å². The molecule has 0 atom stereocenters. The zero-order valence-electron chi connectivity index (χ0n) is 14.6. The number of ether oxygens (including phenoxy) is 1. The number of rotatable bonds is 1. The predicted octanol–water partition coefficient (Wildman–Crippen LogP) is 0.780. The molecule has 0 unspecified atom stereocenters. The molecule has 0 aliphatic carbocycles. The highest BCUT2D eigenvalue weighted by molar-refractivity contribution is 6.01. The van der Waals surface area contributed by atoms with Crippen LogP contribution in [0.4, 0.5) is 16.2 Å². The summed E-state index contributed by atoms with van der Waals surface area (Å²) in [6.45, 7) is 5.73. The number of anilines is 2. The smallest absolute Gasteiger partial charge is 0.320 e. The van der Waals surface area contributed by atoms with Gasteiger partial charge < -0.3 is 24.3 Å². The van der Waals surface area contributed by atoms with E-state index >= 15 is 0 Å². The van der Waals surface area contributed by atoms with Crippen LogP contribution in [0.1, 0.15) is 5.56 Å². The van der Waals surface area contributed by atoms with Crippen LogP contribution in [-0.4, -0.2) is 81.3 Å². The molecule has 0 saturated carbocycles. The van der Waals surface area contributed by atoms with Gasteiger partial charge in [0.15, 0.2) is 0 Å². The summed E-state index contributed by atoms with van der Waals surface area (Å²) >= 11 is 0. The first-order valence-electron chi connectivity index (χ1n) is 8.89.